The highest BCUT2D eigenvalue weighted by Crippen LogP contribution is 2.34. The second kappa shape index (κ2) is 4.87. The Morgan fingerprint density at radius 3 is 2.29 bits per heavy atom. The van der Waals surface area contributed by atoms with Crippen LogP contribution < -0.4 is 10.2 Å². The van der Waals surface area contributed by atoms with Gasteiger partial charge in [-0.2, -0.15) is 0 Å². The van der Waals surface area contributed by atoms with Crippen LogP contribution in [-0.4, -0.2) is 25.2 Å². The van der Waals surface area contributed by atoms with Crippen molar-refractivity contribution in [2.45, 2.75) is 39.8 Å². The third-order valence-corrected chi connectivity index (χ3v) is 3.77. The minimum atomic E-state index is 0.484. The molecule has 0 saturated carbocycles. The summed E-state index contributed by atoms with van der Waals surface area (Å²) >= 11 is 6.44. The van der Waals surface area contributed by atoms with Crippen LogP contribution in [-0.2, 0) is 0 Å². The van der Waals surface area contributed by atoms with Gasteiger partial charge in [0.05, 0.1) is 10.7 Å². The van der Waals surface area contributed by atoms with Crippen molar-refractivity contribution >= 4 is 17.3 Å². The van der Waals surface area contributed by atoms with E-state index >= 15 is 0 Å². The molecule has 1 heterocycles. The average Bonchev–Trinajstić information content (AvgIpc) is 2.21. The zero-order valence-corrected chi connectivity index (χ0v) is 11.8. The summed E-state index contributed by atoms with van der Waals surface area (Å²) in [6.07, 6.45) is 0. The molecule has 2 rings (SSSR count). The van der Waals surface area contributed by atoms with Gasteiger partial charge in [-0.3, -0.25) is 0 Å². The number of benzene rings is 1. The van der Waals surface area contributed by atoms with Gasteiger partial charge >= 0.3 is 0 Å². The first-order valence-corrected chi connectivity index (χ1v) is 6.64. The van der Waals surface area contributed by atoms with Crippen molar-refractivity contribution in [1.29, 1.82) is 0 Å². The molecule has 0 aliphatic carbocycles. The normalized spacial score (nSPS) is 25.1. The summed E-state index contributed by atoms with van der Waals surface area (Å²) in [5.74, 6) is 0. The second-order valence-electron chi connectivity index (χ2n) is 5.18. The van der Waals surface area contributed by atoms with Gasteiger partial charge in [0, 0.05) is 25.2 Å². The zero-order valence-electron chi connectivity index (χ0n) is 11.0. The maximum absolute atomic E-state index is 6.44. The van der Waals surface area contributed by atoms with E-state index < -0.39 is 0 Å². The molecule has 17 heavy (non-hydrogen) atoms. The Hall–Kier alpha value is -0.730. The minimum Gasteiger partial charge on any atom is -0.362 e. The number of rotatable bonds is 1. The summed E-state index contributed by atoms with van der Waals surface area (Å²) in [6, 6.07) is 5.24. The smallest absolute Gasteiger partial charge is 0.0645 e. The van der Waals surface area contributed by atoms with Crippen LogP contribution >= 0.6 is 11.6 Å². The fraction of sp³-hybridized carbons (Fsp3) is 0.571. The lowest BCUT2D eigenvalue weighted by Gasteiger charge is -2.42. The largest absolute Gasteiger partial charge is 0.362 e. The van der Waals surface area contributed by atoms with Gasteiger partial charge in [0.1, 0.15) is 0 Å². The fourth-order valence-corrected chi connectivity index (χ4v) is 3.23. The Kier molecular flexibility index (Phi) is 3.64. The van der Waals surface area contributed by atoms with E-state index in [0.29, 0.717) is 12.1 Å². The van der Waals surface area contributed by atoms with Crippen molar-refractivity contribution in [2.75, 3.05) is 18.0 Å². The molecule has 1 aromatic rings. The highest BCUT2D eigenvalue weighted by Gasteiger charge is 2.27. The van der Waals surface area contributed by atoms with E-state index in [0.717, 1.165) is 18.1 Å². The Morgan fingerprint density at radius 2 is 1.76 bits per heavy atom. The molecular formula is C14H21ClN2. The summed E-state index contributed by atoms with van der Waals surface area (Å²) < 4.78 is 0. The van der Waals surface area contributed by atoms with Crippen LogP contribution in [0.5, 0.6) is 0 Å². The first kappa shape index (κ1) is 12.7. The highest BCUT2D eigenvalue weighted by molar-refractivity contribution is 6.33. The predicted molar refractivity (Wildman–Crippen MR) is 75.2 cm³/mol. The number of piperazine rings is 1. The highest BCUT2D eigenvalue weighted by atomic mass is 35.5. The van der Waals surface area contributed by atoms with Crippen molar-refractivity contribution in [2.24, 2.45) is 0 Å². The third kappa shape index (κ3) is 2.43. The molecule has 0 amide bonds. The third-order valence-electron chi connectivity index (χ3n) is 3.49. The predicted octanol–water partition coefficient (Wildman–Crippen LogP) is 3.14. The monoisotopic (exact) mass is 252 g/mol. The molecule has 1 aliphatic rings. The van der Waals surface area contributed by atoms with E-state index in [1.807, 2.05) is 0 Å². The van der Waals surface area contributed by atoms with Gasteiger partial charge in [-0.1, -0.05) is 17.7 Å². The molecule has 1 aliphatic heterocycles. The lowest BCUT2D eigenvalue weighted by atomic mass is 10.0. The molecule has 2 atom stereocenters. The number of hydrogen-bond donors (Lipinski definition) is 1. The van der Waals surface area contributed by atoms with Crippen LogP contribution in [0.2, 0.25) is 5.02 Å². The SMILES string of the molecule is Cc1cc(C)c(N2C(C)CNCC2C)c(Cl)c1. The molecule has 2 nitrogen and oxygen atoms in total. The summed E-state index contributed by atoms with van der Waals surface area (Å²) in [6.45, 7) is 10.8. The molecule has 3 heteroatoms. The average molecular weight is 253 g/mol. The molecule has 1 aromatic carbocycles. The molecule has 0 bridgehead atoms. The van der Waals surface area contributed by atoms with E-state index in [2.05, 4.69) is 50.0 Å². The molecule has 0 spiro atoms. The summed E-state index contributed by atoms with van der Waals surface area (Å²) in [5.41, 5.74) is 3.71. The standard InChI is InChI=1S/C14H21ClN2/c1-9-5-10(2)14(13(15)6-9)17-11(3)7-16-8-12(17)4/h5-6,11-12,16H,7-8H2,1-4H3. The van der Waals surface area contributed by atoms with Crippen molar-refractivity contribution in [3.63, 3.8) is 0 Å². The lowest BCUT2D eigenvalue weighted by Crippen LogP contribution is -2.55. The van der Waals surface area contributed by atoms with Gasteiger partial charge in [-0.25, -0.2) is 0 Å². The molecule has 1 fully saturated rings. The van der Waals surface area contributed by atoms with Gasteiger partial charge < -0.3 is 10.2 Å². The zero-order chi connectivity index (χ0) is 12.6. The Labute approximate surface area is 109 Å². The van der Waals surface area contributed by atoms with E-state index in [1.54, 1.807) is 0 Å². The number of aryl methyl sites for hydroxylation is 2. The van der Waals surface area contributed by atoms with Crippen LogP contribution in [0.3, 0.4) is 0 Å². The first-order chi connectivity index (χ1) is 8.00. The van der Waals surface area contributed by atoms with Gasteiger partial charge in [0.2, 0.25) is 0 Å². The van der Waals surface area contributed by atoms with Crippen LogP contribution in [0.25, 0.3) is 0 Å². The van der Waals surface area contributed by atoms with E-state index in [-0.39, 0.29) is 0 Å². The Morgan fingerprint density at radius 1 is 1.18 bits per heavy atom. The first-order valence-electron chi connectivity index (χ1n) is 6.26. The summed E-state index contributed by atoms with van der Waals surface area (Å²) in [7, 11) is 0. The molecule has 0 radical (unpaired) electrons. The number of nitrogens with one attached hydrogen (secondary N) is 1. The van der Waals surface area contributed by atoms with Gasteiger partial charge in [-0.05, 0) is 44.9 Å². The second-order valence-corrected chi connectivity index (χ2v) is 5.58. The molecule has 94 valence electrons. The van der Waals surface area contributed by atoms with Crippen molar-refractivity contribution < 1.29 is 0 Å². The lowest BCUT2D eigenvalue weighted by molar-refractivity contribution is 0.431. The number of anilines is 1. The van der Waals surface area contributed by atoms with E-state index in [9.17, 15) is 0 Å². The van der Waals surface area contributed by atoms with Gasteiger partial charge in [0.25, 0.3) is 0 Å². The van der Waals surface area contributed by atoms with Crippen molar-refractivity contribution in [3.05, 3.63) is 28.3 Å². The molecular weight excluding hydrogens is 232 g/mol. The maximum Gasteiger partial charge on any atom is 0.0645 e. The van der Waals surface area contributed by atoms with Crippen LogP contribution in [0.1, 0.15) is 25.0 Å². The van der Waals surface area contributed by atoms with Crippen LogP contribution in [0.4, 0.5) is 5.69 Å². The Balaban J connectivity index is 2.44. The fourth-order valence-electron chi connectivity index (χ4n) is 2.81. The van der Waals surface area contributed by atoms with Gasteiger partial charge in [0.15, 0.2) is 0 Å². The van der Waals surface area contributed by atoms with E-state index in [4.69, 9.17) is 11.6 Å². The van der Waals surface area contributed by atoms with E-state index in [1.165, 1.54) is 16.8 Å². The van der Waals surface area contributed by atoms with Crippen molar-refractivity contribution in [1.82, 2.24) is 5.32 Å². The van der Waals surface area contributed by atoms with Crippen molar-refractivity contribution in [3.8, 4) is 0 Å². The summed E-state index contributed by atoms with van der Waals surface area (Å²) in [4.78, 5) is 2.45. The Bertz CT molecular complexity index is 384. The molecule has 0 aromatic heterocycles. The quantitative estimate of drug-likeness (QED) is 0.826. The maximum atomic E-state index is 6.44. The van der Waals surface area contributed by atoms with Crippen LogP contribution in [0.15, 0.2) is 12.1 Å². The van der Waals surface area contributed by atoms with Gasteiger partial charge in [-0.15, -0.1) is 0 Å². The molecule has 2 unspecified atom stereocenters. The molecule has 1 saturated heterocycles. The van der Waals surface area contributed by atoms with Crippen LogP contribution in [0, 0.1) is 13.8 Å². The summed E-state index contributed by atoms with van der Waals surface area (Å²) in [5, 5.41) is 4.33. The number of hydrogen-bond acceptors (Lipinski definition) is 2. The number of nitrogens with zero attached hydrogens (tertiary/aromatic N) is 1. The number of halogens is 1. The molecule has 1 N–H and O–H groups in total. The topological polar surface area (TPSA) is 15.3 Å². The minimum absolute atomic E-state index is 0.484.